The summed E-state index contributed by atoms with van der Waals surface area (Å²) in [5.41, 5.74) is 0. The molecule has 4 aromatic heterocycles. The van der Waals surface area contributed by atoms with Crippen molar-refractivity contribution in [2.45, 2.75) is 4.21 Å². The molecule has 0 aliphatic rings. The van der Waals surface area contributed by atoms with Crippen molar-refractivity contribution in [3.63, 3.8) is 0 Å². The summed E-state index contributed by atoms with van der Waals surface area (Å²) in [5, 5.41) is 1.65. The minimum atomic E-state index is -4.06. The van der Waals surface area contributed by atoms with Gasteiger partial charge in [0.05, 0.1) is 11.6 Å². The van der Waals surface area contributed by atoms with Gasteiger partial charge in [0.25, 0.3) is 15.9 Å². The number of halogens is 1. The fraction of sp³-hybridized carbons (Fsp3) is 0.120. The van der Waals surface area contributed by atoms with Crippen molar-refractivity contribution in [3.05, 3.63) is 77.1 Å². The number of ether oxygens (including phenoxy) is 4. The van der Waals surface area contributed by atoms with Crippen LogP contribution in [0.5, 0.6) is 29.1 Å². The van der Waals surface area contributed by atoms with Gasteiger partial charge in [-0.2, -0.15) is 4.98 Å². The maximum Gasteiger partial charge on any atom is 0.316 e. The lowest BCUT2D eigenvalue weighted by Crippen LogP contribution is -2.16. The first-order valence-electron chi connectivity index (χ1n) is 11.7. The molecule has 4 heterocycles. The van der Waals surface area contributed by atoms with Gasteiger partial charge in [-0.1, -0.05) is 18.2 Å². The third-order valence-electron chi connectivity index (χ3n) is 5.02. The average molecular weight is 659 g/mol. The maximum atomic E-state index is 13.2. The highest BCUT2D eigenvalue weighted by Crippen LogP contribution is 2.41. The Hall–Kier alpha value is -4.41. The van der Waals surface area contributed by atoms with Gasteiger partial charge in [0, 0.05) is 24.8 Å². The standard InChI is InChI=1S/C25H20BrN7O6S2/c1-36-17-6-2-3-7-18(17)39-20-21(33-41(34,35)19-8-4-13-40-19)31-23(22-27-9-5-10-28-22)32-24(20)37-11-12-38-25-29-14-16(26)15-30-25/h2-10,13-15H,11-12H2,1H3,(H,31,32,33). The molecule has 0 aliphatic heterocycles. The number of thiophene rings is 1. The molecule has 13 nitrogen and oxygen atoms in total. The fourth-order valence-electron chi connectivity index (χ4n) is 3.26. The highest BCUT2D eigenvalue weighted by Gasteiger charge is 2.26. The second-order valence-electron chi connectivity index (χ2n) is 7.77. The molecule has 41 heavy (non-hydrogen) atoms. The van der Waals surface area contributed by atoms with E-state index in [2.05, 4.69) is 50.6 Å². The summed E-state index contributed by atoms with van der Waals surface area (Å²) in [6.07, 6.45) is 6.11. The molecule has 0 saturated carbocycles. The van der Waals surface area contributed by atoms with Crippen molar-refractivity contribution in [2.75, 3.05) is 25.0 Å². The normalized spacial score (nSPS) is 11.1. The van der Waals surface area contributed by atoms with Gasteiger partial charge in [0.2, 0.25) is 11.6 Å². The van der Waals surface area contributed by atoms with Crippen LogP contribution in [0.4, 0.5) is 5.82 Å². The van der Waals surface area contributed by atoms with Crippen LogP contribution in [0.15, 0.2) is 81.3 Å². The Balaban J connectivity index is 1.54. The van der Waals surface area contributed by atoms with Crippen LogP contribution in [0.2, 0.25) is 0 Å². The minimum Gasteiger partial charge on any atom is -0.493 e. The molecule has 1 N–H and O–H groups in total. The van der Waals surface area contributed by atoms with Crippen LogP contribution < -0.4 is 23.7 Å². The molecule has 0 bridgehead atoms. The van der Waals surface area contributed by atoms with Crippen LogP contribution in [0.3, 0.4) is 0 Å². The third kappa shape index (κ3) is 7.03. The smallest absolute Gasteiger partial charge is 0.316 e. The summed E-state index contributed by atoms with van der Waals surface area (Å²) in [6, 6.07) is 11.7. The molecule has 5 aromatic rings. The Morgan fingerprint density at radius 1 is 0.878 bits per heavy atom. The van der Waals surface area contributed by atoms with Crippen molar-refractivity contribution in [1.82, 2.24) is 29.9 Å². The highest BCUT2D eigenvalue weighted by atomic mass is 79.9. The molecule has 0 aliphatic carbocycles. The Kier molecular flexibility index (Phi) is 8.81. The number of hydrogen-bond acceptors (Lipinski definition) is 13. The van der Waals surface area contributed by atoms with Crippen LogP contribution in [0.25, 0.3) is 11.6 Å². The molecule has 16 heteroatoms. The second-order valence-corrected chi connectivity index (χ2v) is 11.5. The van der Waals surface area contributed by atoms with Crippen molar-refractivity contribution in [1.29, 1.82) is 0 Å². The van der Waals surface area contributed by atoms with Crippen LogP contribution in [-0.4, -0.2) is 58.6 Å². The van der Waals surface area contributed by atoms with E-state index in [1.54, 1.807) is 54.2 Å². The molecule has 0 atom stereocenters. The molecule has 0 radical (unpaired) electrons. The number of sulfonamides is 1. The van der Waals surface area contributed by atoms with Crippen LogP contribution in [0.1, 0.15) is 0 Å². The van der Waals surface area contributed by atoms with Gasteiger partial charge in [-0.15, -0.1) is 11.3 Å². The zero-order valence-electron chi connectivity index (χ0n) is 21.2. The maximum absolute atomic E-state index is 13.2. The quantitative estimate of drug-likeness (QED) is 0.186. The van der Waals surface area contributed by atoms with E-state index in [0.717, 1.165) is 11.3 Å². The number of para-hydroxylation sites is 2. The number of methoxy groups -OCH3 is 1. The lowest BCUT2D eigenvalue weighted by Gasteiger charge is -2.17. The van der Waals surface area contributed by atoms with Gasteiger partial charge in [-0.3, -0.25) is 4.72 Å². The first kappa shape index (κ1) is 28.1. The summed E-state index contributed by atoms with van der Waals surface area (Å²) in [5.74, 6) is 0.368. The van der Waals surface area contributed by atoms with E-state index in [-0.39, 0.29) is 58.3 Å². The summed E-state index contributed by atoms with van der Waals surface area (Å²) < 4.78 is 52.8. The topological polar surface area (TPSA) is 160 Å². The Morgan fingerprint density at radius 2 is 1.61 bits per heavy atom. The molecular formula is C25H20BrN7O6S2. The molecule has 0 spiro atoms. The van der Waals surface area contributed by atoms with Gasteiger partial charge >= 0.3 is 6.01 Å². The molecule has 0 unspecified atom stereocenters. The van der Waals surface area contributed by atoms with E-state index in [0.29, 0.717) is 10.2 Å². The summed E-state index contributed by atoms with van der Waals surface area (Å²) >= 11 is 4.31. The lowest BCUT2D eigenvalue weighted by molar-refractivity contribution is 0.197. The number of nitrogens with zero attached hydrogens (tertiary/aromatic N) is 6. The third-order valence-corrected chi connectivity index (χ3v) is 8.17. The van der Waals surface area contributed by atoms with Gasteiger partial charge in [0.1, 0.15) is 17.4 Å². The number of nitrogens with one attached hydrogen (secondary N) is 1. The fourth-order valence-corrected chi connectivity index (χ4v) is 5.46. The largest absolute Gasteiger partial charge is 0.493 e. The van der Waals surface area contributed by atoms with Gasteiger partial charge in [0.15, 0.2) is 23.1 Å². The number of benzene rings is 1. The number of rotatable bonds is 12. The molecule has 210 valence electrons. The van der Waals surface area contributed by atoms with Gasteiger partial charge in [-0.25, -0.2) is 33.3 Å². The van der Waals surface area contributed by atoms with Gasteiger partial charge < -0.3 is 18.9 Å². The van der Waals surface area contributed by atoms with Gasteiger partial charge in [-0.05, 0) is 45.6 Å². The minimum absolute atomic E-state index is 0.00554. The average Bonchev–Trinajstić information content (AvgIpc) is 3.55. The molecular weight excluding hydrogens is 638 g/mol. The lowest BCUT2D eigenvalue weighted by atomic mass is 10.3. The molecule has 0 fully saturated rings. The Bertz CT molecular complexity index is 1710. The Morgan fingerprint density at radius 3 is 2.32 bits per heavy atom. The van der Waals surface area contributed by atoms with Crippen molar-refractivity contribution >= 4 is 43.1 Å². The summed E-state index contributed by atoms with van der Waals surface area (Å²) in [6.45, 7) is -0.00190. The van der Waals surface area contributed by atoms with Crippen molar-refractivity contribution < 1.29 is 27.4 Å². The van der Waals surface area contributed by atoms with E-state index in [1.807, 2.05) is 0 Å². The summed E-state index contributed by atoms with van der Waals surface area (Å²) in [7, 11) is -2.58. The van der Waals surface area contributed by atoms with Crippen LogP contribution in [-0.2, 0) is 10.0 Å². The van der Waals surface area contributed by atoms with E-state index < -0.39 is 10.0 Å². The van der Waals surface area contributed by atoms with Crippen molar-refractivity contribution in [2.24, 2.45) is 0 Å². The first-order chi connectivity index (χ1) is 19.9. The zero-order chi connectivity index (χ0) is 28.7. The number of aromatic nitrogens is 6. The monoisotopic (exact) mass is 657 g/mol. The summed E-state index contributed by atoms with van der Waals surface area (Å²) in [4.78, 5) is 25.4. The SMILES string of the molecule is COc1ccccc1Oc1c(NS(=O)(=O)c2cccs2)nc(-c2ncccn2)nc1OCCOc1ncc(Br)cn1. The van der Waals surface area contributed by atoms with E-state index in [9.17, 15) is 8.42 Å². The Labute approximate surface area is 246 Å². The molecule has 1 aromatic carbocycles. The van der Waals surface area contributed by atoms with E-state index >= 15 is 0 Å². The van der Waals surface area contributed by atoms with Crippen molar-refractivity contribution in [3.8, 4) is 40.8 Å². The van der Waals surface area contributed by atoms with Crippen LogP contribution in [0, 0.1) is 0 Å². The predicted octanol–water partition coefficient (Wildman–Crippen LogP) is 4.61. The molecule has 5 rings (SSSR count). The first-order valence-corrected chi connectivity index (χ1v) is 14.9. The number of hydrogen-bond donors (Lipinski definition) is 1. The van der Waals surface area contributed by atoms with E-state index in [1.165, 1.54) is 25.6 Å². The highest BCUT2D eigenvalue weighted by molar-refractivity contribution is 9.10. The van der Waals surface area contributed by atoms with Crippen LogP contribution >= 0.6 is 27.3 Å². The zero-order valence-corrected chi connectivity index (χ0v) is 24.4. The predicted molar refractivity (Wildman–Crippen MR) is 152 cm³/mol. The number of anilines is 1. The second kappa shape index (κ2) is 12.8. The molecule has 0 saturated heterocycles. The molecule has 0 amide bonds. The van der Waals surface area contributed by atoms with E-state index in [4.69, 9.17) is 18.9 Å².